The Hall–Kier alpha value is -1.66. The Balaban J connectivity index is 1.78. The summed E-state index contributed by atoms with van der Waals surface area (Å²) in [6.07, 6.45) is 0.600. The van der Waals surface area contributed by atoms with Gasteiger partial charge in [0.2, 0.25) is 0 Å². The number of nitrogens with zero attached hydrogens (tertiary/aromatic N) is 2. The van der Waals surface area contributed by atoms with Crippen molar-refractivity contribution in [3.63, 3.8) is 0 Å². The molecule has 116 valence electrons. The molecule has 1 aliphatic heterocycles. The summed E-state index contributed by atoms with van der Waals surface area (Å²) in [6.45, 7) is 4.32. The minimum atomic E-state index is -0.803. The molecule has 0 radical (unpaired) electrons. The van der Waals surface area contributed by atoms with E-state index in [2.05, 4.69) is 15.1 Å². The first-order valence-corrected chi connectivity index (χ1v) is 7.23. The fourth-order valence-corrected chi connectivity index (χ4v) is 2.58. The van der Waals surface area contributed by atoms with E-state index in [4.69, 9.17) is 5.11 Å². The minimum Gasteiger partial charge on any atom is -0.480 e. The van der Waals surface area contributed by atoms with Crippen LogP contribution in [0.5, 0.6) is 0 Å². The van der Waals surface area contributed by atoms with E-state index in [0.29, 0.717) is 6.42 Å². The van der Waals surface area contributed by atoms with Gasteiger partial charge in [0.1, 0.15) is 11.9 Å². The van der Waals surface area contributed by atoms with Crippen LogP contribution in [0.1, 0.15) is 6.42 Å². The lowest BCUT2D eigenvalue weighted by atomic mass is 10.2. The van der Waals surface area contributed by atoms with Gasteiger partial charge in [-0.3, -0.25) is 9.69 Å². The van der Waals surface area contributed by atoms with Crippen molar-refractivity contribution < 1.29 is 14.3 Å². The smallest absolute Gasteiger partial charge is 0.320 e. The molecule has 5 nitrogen and oxygen atoms in total. The van der Waals surface area contributed by atoms with Crippen molar-refractivity contribution in [1.29, 1.82) is 0 Å². The van der Waals surface area contributed by atoms with Crippen LogP contribution < -0.4 is 10.2 Å². The van der Waals surface area contributed by atoms with Crippen molar-refractivity contribution in [3.05, 3.63) is 30.1 Å². The number of carboxylic acids is 1. The highest BCUT2D eigenvalue weighted by Crippen LogP contribution is 2.17. The van der Waals surface area contributed by atoms with Crippen LogP contribution in [0.15, 0.2) is 24.3 Å². The summed E-state index contributed by atoms with van der Waals surface area (Å²) in [6, 6.07) is 6.07. The summed E-state index contributed by atoms with van der Waals surface area (Å²) in [7, 11) is 1.67. The molecule has 1 aliphatic rings. The molecule has 0 saturated carbocycles. The average molecular weight is 295 g/mol. The lowest BCUT2D eigenvalue weighted by molar-refractivity contribution is -0.139. The van der Waals surface area contributed by atoms with Crippen molar-refractivity contribution in [3.8, 4) is 0 Å². The Kier molecular flexibility index (Phi) is 5.52. The molecule has 1 unspecified atom stereocenters. The molecule has 1 heterocycles. The Morgan fingerprint density at radius 1 is 1.29 bits per heavy atom. The van der Waals surface area contributed by atoms with Crippen LogP contribution in [0.4, 0.5) is 10.1 Å². The number of piperazine rings is 1. The van der Waals surface area contributed by atoms with E-state index in [1.165, 1.54) is 12.1 Å². The van der Waals surface area contributed by atoms with Gasteiger partial charge in [-0.25, -0.2) is 4.39 Å². The number of likely N-dealkylation sites (N-methyl/N-ethyl adjacent to an activating group) is 1. The first kappa shape index (κ1) is 15.7. The Morgan fingerprint density at radius 2 is 1.90 bits per heavy atom. The van der Waals surface area contributed by atoms with Gasteiger partial charge in [-0.15, -0.1) is 0 Å². The number of halogens is 1. The highest BCUT2D eigenvalue weighted by Gasteiger charge is 2.20. The van der Waals surface area contributed by atoms with Gasteiger partial charge in [0.05, 0.1) is 0 Å². The number of carboxylic acid groups (broad SMARTS) is 1. The summed E-state index contributed by atoms with van der Waals surface area (Å²) in [5.74, 6) is -1.02. The molecule has 0 aliphatic carbocycles. The molecule has 1 aromatic rings. The highest BCUT2D eigenvalue weighted by molar-refractivity contribution is 5.73. The van der Waals surface area contributed by atoms with Gasteiger partial charge in [-0.2, -0.15) is 0 Å². The van der Waals surface area contributed by atoms with Crippen molar-refractivity contribution in [2.75, 3.05) is 44.7 Å². The summed E-state index contributed by atoms with van der Waals surface area (Å²) in [5.41, 5.74) is 1.04. The molecule has 6 heteroatoms. The van der Waals surface area contributed by atoms with E-state index in [9.17, 15) is 9.18 Å². The second-order valence-electron chi connectivity index (χ2n) is 5.27. The van der Waals surface area contributed by atoms with E-state index in [-0.39, 0.29) is 5.82 Å². The lowest BCUT2D eigenvalue weighted by Crippen LogP contribution is -2.48. The Labute approximate surface area is 124 Å². The predicted octanol–water partition coefficient (Wildman–Crippen LogP) is 1.01. The third kappa shape index (κ3) is 4.41. The maximum atomic E-state index is 12.9. The standard InChI is InChI=1S/C15H22FN3O2/c1-17-14(15(20)21)6-7-18-8-10-19(11-9-18)13-4-2-12(16)3-5-13/h2-5,14,17H,6-11H2,1H3,(H,20,21). The third-order valence-electron chi connectivity index (χ3n) is 3.94. The summed E-state index contributed by atoms with van der Waals surface area (Å²) in [5, 5.41) is 11.8. The lowest BCUT2D eigenvalue weighted by Gasteiger charge is -2.36. The van der Waals surface area contributed by atoms with Gasteiger partial charge in [0, 0.05) is 38.4 Å². The Morgan fingerprint density at radius 3 is 2.43 bits per heavy atom. The fraction of sp³-hybridized carbons (Fsp3) is 0.533. The zero-order valence-electron chi connectivity index (χ0n) is 12.3. The van der Waals surface area contributed by atoms with Gasteiger partial charge in [0.25, 0.3) is 0 Å². The van der Waals surface area contributed by atoms with Crippen molar-refractivity contribution in [2.24, 2.45) is 0 Å². The second-order valence-corrected chi connectivity index (χ2v) is 5.27. The number of anilines is 1. The number of carbonyl (C=O) groups is 1. The molecule has 1 aromatic carbocycles. The first-order valence-electron chi connectivity index (χ1n) is 7.23. The summed E-state index contributed by atoms with van der Waals surface area (Å²) >= 11 is 0. The largest absolute Gasteiger partial charge is 0.480 e. The molecule has 21 heavy (non-hydrogen) atoms. The number of aliphatic carboxylic acids is 1. The normalized spacial score (nSPS) is 17.7. The van der Waals surface area contributed by atoms with Crippen LogP contribution in [-0.2, 0) is 4.79 Å². The molecule has 2 rings (SSSR count). The molecular weight excluding hydrogens is 273 g/mol. The highest BCUT2D eigenvalue weighted by atomic mass is 19.1. The van der Waals surface area contributed by atoms with Crippen LogP contribution in [0, 0.1) is 5.82 Å². The topological polar surface area (TPSA) is 55.8 Å². The molecule has 0 bridgehead atoms. The molecule has 2 N–H and O–H groups in total. The van der Waals surface area contributed by atoms with Gasteiger partial charge in [0.15, 0.2) is 0 Å². The fourth-order valence-electron chi connectivity index (χ4n) is 2.58. The van der Waals surface area contributed by atoms with Crippen LogP contribution in [0.2, 0.25) is 0 Å². The molecular formula is C15H22FN3O2. The number of benzene rings is 1. The molecule has 0 aromatic heterocycles. The molecule has 1 saturated heterocycles. The maximum absolute atomic E-state index is 12.9. The first-order chi connectivity index (χ1) is 10.1. The van der Waals surface area contributed by atoms with Crippen LogP contribution in [0.3, 0.4) is 0 Å². The molecule has 1 atom stereocenters. The van der Waals surface area contributed by atoms with Gasteiger partial charge >= 0.3 is 5.97 Å². The minimum absolute atomic E-state index is 0.218. The predicted molar refractivity (Wildman–Crippen MR) is 80.2 cm³/mol. The number of hydrogen-bond donors (Lipinski definition) is 2. The molecule has 0 amide bonds. The van der Waals surface area contributed by atoms with E-state index < -0.39 is 12.0 Å². The number of rotatable bonds is 6. The van der Waals surface area contributed by atoms with Crippen molar-refractivity contribution in [1.82, 2.24) is 10.2 Å². The maximum Gasteiger partial charge on any atom is 0.320 e. The van der Waals surface area contributed by atoms with Gasteiger partial charge < -0.3 is 15.3 Å². The SMILES string of the molecule is CNC(CCN1CCN(c2ccc(F)cc2)CC1)C(=O)O. The van der Waals surface area contributed by atoms with Gasteiger partial charge in [-0.1, -0.05) is 0 Å². The monoisotopic (exact) mass is 295 g/mol. The van der Waals surface area contributed by atoms with Crippen molar-refractivity contribution >= 4 is 11.7 Å². The third-order valence-corrected chi connectivity index (χ3v) is 3.94. The quantitative estimate of drug-likeness (QED) is 0.820. The Bertz CT molecular complexity index is 458. The van der Waals surface area contributed by atoms with E-state index in [1.54, 1.807) is 19.2 Å². The van der Waals surface area contributed by atoms with Crippen LogP contribution in [-0.4, -0.2) is 61.8 Å². The summed E-state index contributed by atoms with van der Waals surface area (Å²) in [4.78, 5) is 15.4. The molecule has 0 spiro atoms. The second kappa shape index (κ2) is 7.38. The summed E-state index contributed by atoms with van der Waals surface area (Å²) < 4.78 is 12.9. The van der Waals surface area contributed by atoms with E-state index in [0.717, 1.165) is 38.4 Å². The molecule has 1 fully saturated rings. The zero-order chi connectivity index (χ0) is 15.2. The van der Waals surface area contributed by atoms with Gasteiger partial charge in [-0.05, 0) is 37.7 Å². The van der Waals surface area contributed by atoms with Crippen molar-refractivity contribution in [2.45, 2.75) is 12.5 Å². The average Bonchev–Trinajstić information content (AvgIpc) is 2.49. The number of nitrogens with one attached hydrogen (secondary N) is 1. The zero-order valence-corrected chi connectivity index (χ0v) is 12.3. The van der Waals surface area contributed by atoms with Crippen LogP contribution >= 0.6 is 0 Å². The van der Waals surface area contributed by atoms with E-state index in [1.807, 2.05) is 0 Å². The van der Waals surface area contributed by atoms with Crippen LogP contribution in [0.25, 0.3) is 0 Å². The number of hydrogen-bond acceptors (Lipinski definition) is 4. The van der Waals surface area contributed by atoms with E-state index >= 15 is 0 Å².